The molecule has 0 fully saturated rings. The van der Waals surface area contributed by atoms with Crippen LogP contribution in [0.5, 0.6) is 5.75 Å². The van der Waals surface area contributed by atoms with Crippen molar-refractivity contribution in [2.24, 2.45) is 0 Å². The molecule has 2 aliphatic rings. The summed E-state index contributed by atoms with van der Waals surface area (Å²) in [4.78, 5) is 14.2. The number of hydrogen-bond donors (Lipinski definition) is 0. The second-order valence-corrected chi connectivity index (χ2v) is 5.03. The highest BCUT2D eigenvalue weighted by atomic mass is 16.5. The maximum absolute atomic E-state index is 12.1. The van der Waals surface area contributed by atoms with Crippen LogP contribution in [0.1, 0.15) is 35.7 Å². The van der Waals surface area contributed by atoms with Gasteiger partial charge in [-0.25, -0.2) is 0 Å². The number of carbonyl (C=O) groups is 1. The molecule has 0 radical (unpaired) electrons. The number of benzene rings is 1. The predicted octanol–water partition coefficient (Wildman–Crippen LogP) is 2.42. The topological polar surface area (TPSA) is 29.5 Å². The molecular weight excluding hydrogens is 214 g/mol. The van der Waals surface area contributed by atoms with E-state index in [9.17, 15) is 4.79 Å². The smallest absolute Gasteiger partial charge is 0.165 e. The van der Waals surface area contributed by atoms with Crippen molar-refractivity contribution in [3.05, 3.63) is 23.3 Å². The van der Waals surface area contributed by atoms with E-state index in [0.717, 1.165) is 36.4 Å². The molecule has 1 aromatic rings. The van der Waals surface area contributed by atoms with Gasteiger partial charge >= 0.3 is 0 Å². The maximum Gasteiger partial charge on any atom is 0.165 e. The third kappa shape index (κ3) is 1.61. The second kappa shape index (κ2) is 3.76. The molecule has 1 unspecified atom stereocenters. The van der Waals surface area contributed by atoms with E-state index < -0.39 is 0 Å². The SMILES string of the molecule is CC1Cc2ccc3c(c2O1)N(C)CCCC3=O. The molecule has 1 aromatic carbocycles. The van der Waals surface area contributed by atoms with Crippen molar-refractivity contribution in [1.82, 2.24) is 0 Å². The lowest BCUT2D eigenvalue weighted by Crippen LogP contribution is -2.19. The van der Waals surface area contributed by atoms with Gasteiger partial charge in [0, 0.05) is 37.6 Å². The number of fused-ring (bicyclic) bond motifs is 3. The largest absolute Gasteiger partial charge is 0.488 e. The molecule has 17 heavy (non-hydrogen) atoms. The molecule has 0 bridgehead atoms. The Balaban J connectivity index is 2.18. The Morgan fingerprint density at radius 1 is 1.41 bits per heavy atom. The van der Waals surface area contributed by atoms with Crippen LogP contribution in [0.4, 0.5) is 5.69 Å². The summed E-state index contributed by atoms with van der Waals surface area (Å²) in [5.41, 5.74) is 3.07. The van der Waals surface area contributed by atoms with Gasteiger partial charge in [0.25, 0.3) is 0 Å². The summed E-state index contributed by atoms with van der Waals surface area (Å²) >= 11 is 0. The highest BCUT2D eigenvalue weighted by molar-refractivity contribution is 6.03. The molecule has 3 rings (SSSR count). The summed E-state index contributed by atoms with van der Waals surface area (Å²) < 4.78 is 5.89. The molecule has 0 saturated carbocycles. The molecule has 2 aliphatic heterocycles. The normalized spacial score (nSPS) is 22.8. The fraction of sp³-hybridized carbons (Fsp3) is 0.500. The van der Waals surface area contributed by atoms with Crippen LogP contribution in [0.25, 0.3) is 0 Å². The molecule has 0 saturated heterocycles. The maximum atomic E-state index is 12.1. The lowest BCUT2D eigenvalue weighted by Gasteiger charge is -2.21. The van der Waals surface area contributed by atoms with Crippen LogP contribution >= 0.6 is 0 Å². The number of anilines is 1. The van der Waals surface area contributed by atoms with Gasteiger partial charge < -0.3 is 9.64 Å². The highest BCUT2D eigenvalue weighted by Gasteiger charge is 2.29. The monoisotopic (exact) mass is 231 g/mol. The van der Waals surface area contributed by atoms with E-state index in [1.54, 1.807) is 0 Å². The van der Waals surface area contributed by atoms with Crippen LogP contribution in [-0.4, -0.2) is 25.5 Å². The summed E-state index contributed by atoms with van der Waals surface area (Å²) in [5.74, 6) is 1.18. The van der Waals surface area contributed by atoms with Crippen molar-refractivity contribution >= 4 is 11.5 Å². The van der Waals surface area contributed by atoms with Gasteiger partial charge in [0.1, 0.15) is 11.9 Å². The first-order valence-electron chi connectivity index (χ1n) is 6.23. The minimum absolute atomic E-state index is 0.225. The summed E-state index contributed by atoms with van der Waals surface area (Å²) in [5, 5.41) is 0. The predicted molar refractivity (Wildman–Crippen MR) is 67.1 cm³/mol. The Hall–Kier alpha value is -1.51. The molecule has 0 spiro atoms. The fourth-order valence-electron chi connectivity index (χ4n) is 2.78. The van der Waals surface area contributed by atoms with E-state index in [0.29, 0.717) is 6.42 Å². The Morgan fingerprint density at radius 3 is 3.06 bits per heavy atom. The second-order valence-electron chi connectivity index (χ2n) is 5.03. The number of ketones is 1. The van der Waals surface area contributed by atoms with Crippen LogP contribution < -0.4 is 9.64 Å². The zero-order chi connectivity index (χ0) is 12.0. The van der Waals surface area contributed by atoms with Gasteiger partial charge in [-0.3, -0.25) is 4.79 Å². The average molecular weight is 231 g/mol. The first kappa shape index (κ1) is 10.6. The summed E-state index contributed by atoms with van der Waals surface area (Å²) in [6.07, 6.45) is 2.74. The molecule has 90 valence electrons. The quantitative estimate of drug-likeness (QED) is 0.686. The van der Waals surface area contributed by atoms with Gasteiger partial charge in [0.05, 0.1) is 5.69 Å². The number of rotatable bonds is 0. The Labute approximate surface area is 101 Å². The minimum atomic E-state index is 0.225. The Bertz CT molecular complexity index is 481. The van der Waals surface area contributed by atoms with Crippen LogP contribution in [0.2, 0.25) is 0 Å². The van der Waals surface area contributed by atoms with E-state index in [4.69, 9.17) is 4.74 Å². The zero-order valence-corrected chi connectivity index (χ0v) is 10.3. The number of ether oxygens (including phenoxy) is 1. The van der Waals surface area contributed by atoms with Gasteiger partial charge in [-0.1, -0.05) is 6.07 Å². The molecular formula is C14H17NO2. The highest BCUT2D eigenvalue weighted by Crippen LogP contribution is 2.42. The van der Waals surface area contributed by atoms with Gasteiger partial charge in [-0.15, -0.1) is 0 Å². The number of hydrogen-bond acceptors (Lipinski definition) is 3. The molecule has 1 atom stereocenters. The van der Waals surface area contributed by atoms with Crippen molar-refractivity contribution < 1.29 is 9.53 Å². The molecule has 0 aromatic heterocycles. The summed E-state index contributed by atoms with van der Waals surface area (Å²) in [7, 11) is 2.05. The molecule has 3 nitrogen and oxygen atoms in total. The third-order valence-corrected chi connectivity index (χ3v) is 3.62. The first-order chi connectivity index (χ1) is 8.16. The Morgan fingerprint density at radius 2 is 2.24 bits per heavy atom. The fourth-order valence-corrected chi connectivity index (χ4v) is 2.78. The lowest BCUT2D eigenvalue weighted by atomic mass is 10.0. The van der Waals surface area contributed by atoms with Crippen LogP contribution in [-0.2, 0) is 6.42 Å². The minimum Gasteiger partial charge on any atom is -0.488 e. The van der Waals surface area contributed by atoms with Gasteiger partial charge in [0.2, 0.25) is 0 Å². The number of nitrogens with zero attached hydrogens (tertiary/aromatic N) is 1. The van der Waals surface area contributed by atoms with Gasteiger partial charge in [0.15, 0.2) is 5.78 Å². The molecule has 0 amide bonds. The third-order valence-electron chi connectivity index (χ3n) is 3.62. The molecule has 2 heterocycles. The van der Waals surface area contributed by atoms with E-state index in [1.165, 1.54) is 5.56 Å². The summed E-state index contributed by atoms with van der Waals surface area (Å²) in [6, 6.07) is 4.02. The van der Waals surface area contributed by atoms with Crippen molar-refractivity contribution in [2.75, 3.05) is 18.5 Å². The lowest BCUT2D eigenvalue weighted by molar-refractivity contribution is 0.0983. The number of Topliss-reactive ketones (excluding diaryl/α,β-unsaturated/α-hetero) is 1. The first-order valence-corrected chi connectivity index (χ1v) is 6.23. The van der Waals surface area contributed by atoms with Gasteiger partial charge in [-0.05, 0) is 19.4 Å². The van der Waals surface area contributed by atoms with Crippen molar-refractivity contribution in [2.45, 2.75) is 32.3 Å². The van der Waals surface area contributed by atoms with Crippen LogP contribution in [0, 0.1) is 0 Å². The molecule has 0 N–H and O–H groups in total. The molecule has 3 heteroatoms. The zero-order valence-electron chi connectivity index (χ0n) is 10.3. The van der Waals surface area contributed by atoms with Crippen molar-refractivity contribution in [3.8, 4) is 5.75 Å². The van der Waals surface area contributed by atoms with Crippen LogP contribution in [0.3, 0.4) is 0 Å². The van der Waals surface area contributed by atoms with Gasteiger partial charge in [-0.2, -0.15) is 0 Å². The number of carbonyl (C=O) groups excluding carboxylic acids is 1. The van der Waals surface area contributed by atoms with Crippen molar-refractivity contribution in [3.63, 3.8) is 0 Å². The van der Waals surface area contributed by atoms with E-state index in [2.05, 4.69) is 17.9 Å². The average Bonchev–Trinajstić information content (AvgIpc) is 2.60. The Kier molecular flexibility index (Phi) is 2.35. The van der Waals surface area contributed by atoms with E-state index in [1.807, 2.05) is 13.1 Å². The van der Waals surface area contributed by atoms with E-state index in [-0.39, 0.29) is 11.9 Å². The van der Waals surface area contributed by atoms with Crippen LogP contribution in [0.15, 0.2) is 12.1 Å². The molecule has 0 aliphatic carbocycles. The van der Waals surface area contributed by atoms with Crippen molar-refractivity contribution in [1.29, 1.82) is 0 Å². The van der Waals surface area contributed by atoms with E-state index >= 15 is 0 Å². The summed E-state index contributed by atoms with van der Waals surface area (Å²) in [6.45, 7) is 3.00. The standard InChI is InChI=1S/C14H17NO2/c1-9-8-10-5-6-11-12(16)4-3-7-15(2)13(11)14(10)17-9/h5-6,9H,3-4,7-8H2,1-2H3.